The van der Waals surface area contributed by atoms with E-state index < -0.39 is 0 Å². The summed E-state index contributed by atoms with van der Waals surface area (Å²) in [6.07, 6.45) is 2.72. The van der Waals surface area contributed by atoms with Crippen molar-refractivity contribution in [2.75, 3.05) is 11.4 Å². The first kappa shape index (κ1) is 17.1. The van der Waals surface area contributed by atoms with Crippen LogP contribution >= 0.6 is 23.6 Å². The van der Waals surface area contributed by atoms with E-state index in [2.05, 4.69) is 16.9 Å². The molecule has 1 aromatic heterocycles. The van der Waals surface area contributed by atoms with Crippen molar-refractivity contribution >= 4 is 45.5 Å². The fourth-order valence-electron chi connectivity index (χ4n) is 2.44. The highest BCUT2D eigenvalue weighted by Gasteiger charge is 2.17. The summed E-state index contributed by atoms with van der Waals surface area (Å²) < 4.78 is 7.66. The summed E-state index contributed by atoms with van der Waals surface area (Å²) >= 11 is 6.73. The van der Waals surface area contributed by atoms with E-state index in [1.54, 1.807) is 0 Å². The third-order valence-electron chi connectivity index (χ3n) is 3.49. The molecule has 1 heterocycles. The Bertz CT molecular complexity index is 985. The van der Waals surface area contributed by atoms with Gasteiger partial charge in [-0.1, -0.05) is 25.1 Å². The van der Waals surface area contributed by atoms with Gasteiger partial charge >= 0.3 is 6.02 Å². The van der Waals surface area contributed by atoms with Crippen molar-refractivity contribution < 1.29 is 4.74 Å². The van der Waals surface area contributed by atoms with Crippen LogP contribution in [0.25, 0.3) is 10.2 Å². The summed E-state index contributed by atoms with van der Waals surface area (Å²) in [5.41, 5.74) is 1.91. The van der Waals surface area contributed by atoms with Gasteiger partial charge in [0.05, 0.1) is 10.2 Å². The van der Waals surface area contributed by atoms with E-state index in [1.165, 1.54) is 11.3 Å². The van der Waals surface area contributed by atoms with Gasteiger partial charge in [0.25, 0.3) is 0 Å². The molecule has 3 rings (SSSR count). The summed E-state index contributed by atoms with van der Waals surface area (Å²) in [6, 6.07) is 15.6. The zero-order valence-electron chi connectivity index (χ0n) is 13.6. The van der Waals surface area contributed by atoms with Gasteiger partial charge in [-0.05, 0) is 49.0 Å². The molecule has 7 heteroatoms. The molecule has 126 valence electrons. The van der Waals surface area contributed by atoms with Crippen molar-refractivity contribution in [3.8, 4) is 11.9 Å². The second-order valence-corrected chi connectivity index (χ2v) is 6.97. The van der Waals surface area contributed by atoms with Crippen molar-refractivity contribution in [2.24, 2.45) is 4.99 Å². The van der Waals surface area contributed by atoms with Crippen molar-refractivity contribution in [3.63, 3.8) is 0 Å². The average molecular weight is 368 g/mol. The highest BCUT2D eigenvalue weighted by molar-refractivity contribution is 7.73. The number of nitrogens with zero attached hydrogens (tertiary/aromatic N) is 3. The third kappa shape index (κ3) is 4.05. The van der Waals surface area contributed by atoms with Crippen molar-refractivity contribution in [1.82, 2.24) is 4.98 Å². The number of amidine groups is 1. The molecule has 25 heavy (non-hydrogen) atoms. The van der Waals surface area contributed by atoms with E-state index in [0.29, 0.717) is 12.3 Å². The minimum Gasteiger partial charge on any atom is -0.425 e. The fourth-order valence-corrected chi connectivity index (χ4v) is 3.58. The number of nitrogens with one attached hydrogen (secondary N) is 1. The Morgan fingerprint density at radius 2 is 2.12 bits per heavy atom. The lowest BCUT2D eigenvalue weighted by molar-refractivity contribution is 0.531. The van der Waals surface area contributed by atoms with Gasteiger partial charge in [-0.3, -0.25) is 4.90 Å². The Labute approximate surface area is 154 Å². The van der Waals surface area contributed by atoms with Gasteiger partial charge in [-0.2, -0.15) is 5.26 Å². The van der Waals surface area contributed by atoms with Crippen LogP contribution in [0.4, 0.5) is 5.69 Å². The molecule has 0 aliphatic heterocycles. The summed E-state index contributed by atoms with van der Waals surface area (Å²) in [5.74, 6) is 0.635. The molecule has 0 bridgehead atoms. The smallest absolute Gasteiger partial charge is 0.312 e. The number of para-hydroxylation sites is 1. The van der Waals surface area contributed by atoms with E-state index in [1.807, 2.05) is 59.6 Å². The lowest BCUT2D eigenvalue weighted by atomic mass is 10.2. The Morgan fingerprint density at radius 3 is 2.84 bits per heavy atom. The van der Waals surface area contributed by atoms with Crippen molar-refractivity contribution in [3.05, 3.63) is 52.5 Å². The number of aromatic amines is 1. The third-order valence-corrected chi connectivity index (χ3v) is 4.69. The van der Waals surface area contributed by atoms with Crippen LogP contribution in [0.3, 0.4) is 0 Å². The summed E-state index contributed by atoms with van der Waals surface area (Å²) in [7, 11) is 0. The maximum Gasteiger partial charge on any atom is 0.312 e. The molecule has 1 N–H and O–H groups in total. The van der Waals surface area contributed by atoms with Crippen LogP contribution in [-0.2, 0) is 0 Å². The summed E-state index contributed by atoms with van der Waals surface area (Å²) in [4.78, 5) is 8.95. The Hall–Kier alpha value is -2.69. The maximum atomic E-state index is 9.09. The number of H-pyrrole nitrogens is 1. The number of nitriles is 1. The summed E-state index contributed by atoms with van der Waals surface area (Å²) in [5, 5.41) is 9.09. The molecule has 0 aliphatic rings. The molecule has 2 aromatic carbocycles. The standard InChI is InChI=1S/C18H16N4OS2/c1-2-10-22(13-8-9-15-16(11-13)25-18(24)21-15)17(20-12-19)23-14-6-4-3-5-7-14/h3-9,11H,2,10H2,1H3,(H,21,24). The molecule has 5 nitrogen and oxygen atoms in total. The molecular weight excluding hydrogens is 352 g/mol. The molecule has 0 spiro atoms. The SMILES string of the molecule is CCCN(C(=NC#N)Oc1ccccc1)c1ccc2[nH]c(=S)sc2c1. The van der Waals surface area contributed by atoms with Gasteiger partial charge in [-0.15, -0.1) is 16.3 Å². The number of fused-ring (bicyclic) bond motifs is 1. The highest BCUT2D eigenvalue weighted by Crippen LogP contribution is 2.26. The molecular formula is C18H16N4OS2. The predicted octanol–water partition coefficient (Wildman–Crippen LogP) is 5.09. The summed E-state index contributed by atoms with van der Waals surface area (Å²) in [6.45, 7) is 2.74. The van der Waals surface area contributed by atoms with Crippen molar-refractivity contribution in [1.29, 1.82) is 5.26 Å². The van der Waals surface area contributed by atoms with E-state index >= 15 is 0 Å². The van der Waals surface area contributed by atoms with E-state index in [-0.39, 0.29) is 6.02 Å². The molecule has 0 saturated carbocycles. The molecule has 0 atom stereocenters. The van der Waals surface area contributed by atoms with Gasteiger partial charge < -0.3 is 9.72 Å². The van der Waals surface area contributed by atoms with Crippen LogP contribution in [0.15, 0.2) is 53.5 Å². The largest absolute Gasteiger partial charge is 0.425 e. The van der Waals surface area contributed by atoms with Crippen LogP contribution in [0.2, 0.25) is 0 Å². The second-order valence-electron chi connectivity index (χ2n) is 5.26. The normalized spacial score (nSPS) is 11.3. The molecule has 0 radical (unpaired) electrons. The minimum atomic E-state index is 0.258. The van der Waals surface area contributed by atoms with E-state index in [9.17, 15) is 0 Å². The fraction of sp³-hybridized carbons (Fsp3) is 0.167. The zero-order valence-corrected chi connectivity index (χ0v) is 15.2. The van der Waals surface area contributed by atoms with E-state index in [4.69, 9.17) is 22.2 Å². The number of anilines is 1. The zero-order chi connectivity index (χ0) is 17.6. The Morgan fingerprint density at radius 1 is 1.32 bits per heavy atom. The Balaban J connectivity index is 2.00. The van der Waals surface area contributed by atoms with Gasteiger partial charge in [0.1, 0.15) is 5.75 Å². The lowest BCUT2D eigenvalue weighted by Gasteiger charge is -2.24. The van der Waals surface area contributed by atoms with Crippen LogP contribution < -0.4 is 9.64 Å². The van der Waals surface area contributed by atoms with Crippen LogP contribution in [0, 0.1) is 15.4 Å². The number of ether oxygens (including phenoxy) is 1. The van der Waals surface area contributed by atoms with Crippen LogP contribution in [-0.4, -0.2) is 17.6 Å². The van der Waals surface area contributed by atoms with Crippen molar-refractivity contribution in [2.45, 2.75) is 13.3 Å². The average Bonchev–Trinajstić information content (AvgIpc) is 2.99. The second kappa shape index (κ2) is 7.92. The molecule has 3 aromatic rings. The van der Waals surface area contributed by atoms with Gasteiger partial charge in [0.2, 0.25) is 6.19 Å². The molecule has 0 amide bonds. The number of aliphatic imine (C=N–C) groups is 1. The van der Waals surface area contributed by atoms with Gasteiger partial charge in [0.15, 0.2) is 3.95 Å². The number of hydrogen-bond acceptors (Lipinski definition) is 5. The number of thiazole rings is 1. The first-order valence-electron chi connectivity index (χ1n) is 7.81. The lowest BCUT2D eigenvalue weighted by Crippen LogP contribution is -2.35. The monoisotopic (exact) mass is 368 g/mol. The first-order valence-corrected chi connectivity index (χ1v) is 9.04. The maximum absolute atomic E-state index is 9.09. The molecule has 0 unspecified atom stereocenters. The minimum absolute atomic E-state index is 0.258. The predicted molar refractivity (Wildman–Crippen MR) is 105 cm³/mol. The van der Waals surface area contributed by atoms with Crippen LogP contribution in [0.5, 0.6) is 5.75 Å². The topological polar surface area (TPSA) is 64.4 Å². The number of hydrogen-bond donors (Lipinski definition) is 1. The highest BCUT2D eigenvalue weighted by atomic mass is 32.1. The number of rotatable bonds is 4. The quantitative estimate of drug-likeness (QED) is 0.301. The van der Waals surface area contributed by atoms with Gasteiger partial charge in [-0.25, -0.2) is 0 Å². The molecule has 0 saturated heterocycles. The van der Waals surface area contributed by atoms with Crippen LogP contribution in [0.1, 0.15) is 13.3 Å². The molecule has 0 fully saturated rings. The van der Waals surface area contributed by atoms with E-state index in [0.717, 1.165) is 26.3 Å². The number of aromatic nitrogens is 1. The van der Waals surface area contributed by atoms with Gasteiger partial charge in [0, 0.05) is 12.2 Å². The first-order chi connectivity index (χ1) is 12.2. The Kier molecular flexibility index (Phi) is 5.43. The molecule has 0 aliphatic carbocycles. The number of benzene rings is 2.